The fourth-order valence-corrected chi connectivity index (χ4v) is 0.705. The van der Waals surface area contributed by atoms with Gasteiger partial charge in [-0.2, -0.15) is 0 Å². The molecule has 1 aromatic carbocycles. The zero-order chi connectivity index (χ0) is 5.98. The zero-order valence-electron chi connectivity index (χ0n) is 5.49. The second kappa shape index (κ2) is 7.21. The van der Waals surface area contributed by atoms with Gasteiger partial charge in [-0.25, -0.2) is 0 Å². The third-order valence-corrected chi connectivity index (χ3v) is 1.08. The zero-order valence-corrected chi connectivity index (χ0v) is 6.25. The van der Waals surface area contributed by atoms with Crippen LogP contribution >= 0.6 is 11.6 Å². The van der Waals surface area contributed by atoms with Crippen molar-refractivity contribution < 1.29 is 14.1 Å². The summed E-state index contributed by atoms with van der Waals surface area (Å²) in [4.78, 5) is 0. The number of hydrogen-bond donors (Lipinski definition) is 1. The van der Waals surface area contributed by atoms with Crippen LogP contribution in [0.25, 0.3) is 0 Å². The van der Waals surface area contributed by atoms with Crippen molar-refractivity contribution in [1.82, 2.24) is 0 Å². The molecule has 0 aliphatic rings. The average Bonchev–Trinajstić information content (AvgIpc) is 1.64. The van der Waals surface area contributed by atoms with Crippen molar-refractivity contribution in [3.63, 3.8) is 0 Å². The normalized spacial score (nSPS) is 6.64. The van der Waals surface area contributed by atoms with Crippen LogP contribution in [0.3, 0.4) is 0 Å². The number of hydrogen-bond acceptors (Lipinski definition) is 1. The summed E-state index contributed by atoms with van der Waals surface area (Å²) in [6, 6.07) is 7.11. The molecule has 66 valence electrons. The molecule has 0 unspecified atom stereocenters. The Bertz CT molecular complexity index is 178. The summed E-state index contributed by atoms with van der Waals surface area (Å²) in [7, 11) is 0. The predicted octanol–water partition coefficient (Wildman–Crippen LogP) is 2.38. The standard InChI is InChI=1S/C6H6ClN.3FH/c7-5-2-1-3-6(8)4-5;;;/h1-4H,8H2;3*1H. The van der Waals surface area contributed by atoms with Crippen LogP contribution < -0.4 is 5.73 Å². The molecule has 11 heavy (non-hydrogen) atoms. The molecule has 0 aliphatic carbocycles. The van der Waals surface area contributed by atoms with Gasteiger partial charge >= 0.3 is 0 Å². The van der Waals surface area contributed by atoms with Crippen LogP contribution in [0.2, 0.25) is 5.02 Å². The van der Waals surface area contributed by atoms with E-state index in [9.17, 15) is 0 Å². The molecular weight excluding hydrogens is 179 g/mol. The highest BCUT2D eigenvalue weighted by Gasteiger charge is 1.83. The fourth-order valence-electron chi connectivity index (χ4n) is 0.507. The lowest BCUT2D eigenvalue weighted by Crippen LogP contribution is -1.80. The molecule has 2 N–H and O–H groups in total. The fraction of sp³-hybridized carbons (Fsp3) is 0. The van der Waals surface area contributed by atoms with Crippen LogP contribution in [0.4, 0.5) is 19.8 Å². The molecule has 5 heteroatoms. The van der Waals surface area contributed by atoms with E-state index in [4.69, 9.17) is 17.3 Å². The van der Waals surface area contributed by atoms with Gasteiger partial charge in [-0.3, -0.25) is 14.1 Å². The summed E-state index contributed by atoms with van der Waals surface area (Å²) in [6.07, 6.45) is 0. The highest BCUT2D eigenvalue weighted by Crippen LogP contribution is 2.10. The summed E-state index contributed by atoms with van der Waals surface area (Å²) < 4.78 is 0. The molecule has 0 fully saturated rings. The van der Waals surface area contributed by atoms with Crippen molar-refractivity contribution in [2.45, 2.75) is 0 Å². The quantitative estimate of drug-likeness (QED) is 0.620. The molecule has 0 amide bonds. The lowest BCUT2D eigenvalue weighted by atomic mass is 10.3. The van der Waals surface area contributed by atoms with Crippen molar-refractivity contribution in [3.05, 3.63) is 29.3 Å². The minimum absolute atomic E-state index is 0. The summed E-state index contributed by atoms with van der Waals surface area (Å²) in [5, 5.41) is 0.685. The molecule has 1 aromatic rings. The molecule has 0 bridgehead atoms. The topological polar surface area (TPSA) is 26.0 Å². The number of rotatable bonds is 0. The van der Waals surface area contributed by atoms with E-state index in [-0.39, 0.29) is 14.1 Å². The maximum Gasteiger partial charge on any atom is 0.0426 e. The van der Waals surface area contributed by atoms with Gasteiger partial charge in [0.05, 0.1) is 0 Å². The third-order valence-electron chi connectivity index (χ3n) is 0.849. The van der Waals surface area contributed by atoms with Crippen LogP contribution in [-0.2, 0) is 0 Å². The molecule has 0 atom stereocenters. The van der Waals surface area contributed by atoms with Crippen molar-refractivity contribution in [2.24, 2.45) is 0 Å². The van der Waals surface area contributed by atoms with Crippen LogP contribution in [0.5, 0.6) is 0 Å². The monoisotopic (exact) mass is 187 g/mol. The average molecular weight is 188 g/mol. The van der Waals surface area contributed by atoms with Gasteiger partial charge in [-0.05, 0) is 18.2 Å². The van der Waals surface area contributed by atoms with Gasteiger partial charge in [0.1, 0.15) is 0 Å². The summed E-state index contributed by atoms with van der Waals surface area (Å²) in [6.45, 7) is 0. The van der Waals surface area contributed by atoms with E-state index in [1.54, 1.807) is 18.2 Å². The number of benzene rings is 1. The Morgan fingerprint density at radius 2 is 1.64 bits per heavy atom. The number of nitrogen functional groups attached to an aromatic ring is 1. The minimum atomic E-state index is 0. The Balaban J connectivity index is -0.000000213. The van der Waals surface area contributed by atoms with E-state index in [1.807, 2.05) is 6.07 Å². The lowest BCUT2D eigenvalue weighted by molar-refractivity contribution is 1.11. The van der Waals surface area contributed by atoms with E-state index in [0.717, 1.165) is 0 Å². The Morgan fingerprint density at radius 3 is 1.91 bits per heavy atom. The van der Waals surface area contributed by atoms with Gasteiger partial charge in [0.15, 0.2) is 0 Å². The Morgan fingerprint density at radius 1 is 1.09 bits per heavy atom. The maximum atomic E-state index is 5.56. The first-order valence-electron chi connectivity index (χ1n) is 2.30. The van der Waals surface area contributed by atoms with Gasteiger partial charge in [-0.1, -0.05) is 17.7 Å². The molecule has 0 saturated heterocycles. The van der Waals surface area contributed by atoms with E-state index in [1.165, 1.54) is 0 Å². The highest BCUT2D eigenvalue weighted by molar-refractivity contribution is 6.30. The van der Waals surface area contributed by atoms with Crippen molar-refractivity contribution in [1.29, 1.82) is 0 Å². The molecule has 0 spiro atoms. The largest absolute Gasteiger partial charge is 0.399 e. The molecule has 0 saturated carbocycles. The van der Waals surface area contributed by atoms with E-state index < -0.39 is 0 Å². The second-order valence-electron chi connectivity index (χ2n) is 1.56. The summed E-state index contributed by atoms with van der Waals surface area (Å²) in [5.41, 5.74) is 6.08. The summed E-state index contributed by atoms with van der Waals surface area (Å²) in [5.74, 6) is 0. The van der Waals surface area contributed by atoms with Crippen molar-refractivity contribution in [3.8, 4) is 0 Å². The second-order valence-corrected chi connectivity index (χ2v) is 1.99. The first-order valence-corrected chi connectivity index (χ1v) is 2.68. The van der Waals surface area contributed by atoms with Crippen LogP contribution in [-0.4, -0.2) is 0 Å². The first-order chi connectivity index (χ1) is 3.79. The SMILES string of the molecule is F.F.F.Nc1cccc(Cl)c1. The maximum absolute atomic E-state index is 5.56. The molecule has 1 nitrogen and oxygen atoms in total. The molecule has 0 radical (unpaired) electrons. The highest BCUT2D eigenvalue weighted by atomic mass is 35.5. The van der Waals surface area contributed by atoms with Crippen LogP contribution in [0, 0.1) is 0 Å². The Kier molecular flexibility index (Phi) is 10.9. The van der Waals surface area contributed by atoms with Crippen LogP contribution in [0.1, 0.15) is 0 Å². The van der Waals surface area contributed by atoms with E-state index in [2.05, 4.69) is 0 Å². The van der Waals surface area contributed by atoms with Gasteiger partial charge < -0.3 is 5.73 Å². The van der Waals surface area contributed by atoms with E-state index >= 15 is 0 Å². The van der Waals surface area contributed by atoms with Gasteiger partial charge in [0.2, 0.25) is 0 Å². The van der Waals surface area contributed by atoms with Crippen LogP contribution in [0.15, 0.2) is 24.3 Å². The molecule has 0 heterocycles. The number of nitrogens with two attached hydrogens (primary N) is 1. The number of anilines is 1. The van der Waals surface area contributed by atoms with E-state index in [0.29, 0.717) is 10.7 Å². The molecule has 0 aromatic heterocycles. The smallest absolute Gasteiger partial charge is 0.0426 e. The molecule has 1 rings (SSSR count). The van der Waals surface area contributed by atoms with Gasteiger partial charge in [-0.15, -0.1) is 0 Å². The Hall–Kier alpha value is -0.900. The third kappa shape index (κ3) is 5.54. The minimum Gasteiger partial charge on any atom is -0.399 e. The van der Waals surface area contributed by atoms with Gasteiger partial charge in [0.25, 0.3) is 0 Å². The molecular formula is C6H9ClF3N. The lowest BCUT2D eigenvalue weighted by Gasteiger charge is -1.89. The molecule has 0 aliphatic heterocycles. The first kappa shape index (κ1) is 16.6. The Labute approximate surface area is 67.3 Å². The van der Waals surface area contributed by atoms with Crippen molar-refractivity contribution in [2.75, 3.05) is 5.73 Å². The summed E-state index contributed by atoms with van der Waals surface area (Å²) >= 11 is 5.56. The van der Waals surface area contributed by atoms with Gasteiger partial charge in [0, 0.05) is 10.7 Å². The predicted molar refractivity (Wildman–Crippen MR) is 43.4 cm³/mol. The van der Waals surface area contributed by atoms with Crippen molar-refractivity contribution >= 4 is 17.3 Å². The number of halogens is 4.